The van der Waals surface area contributed by atoms with Crippen LogP contribution in [-0.2, 0) is 7.05 Å². The van der Waals surface area contributed by atoms with Crippen LogP contribution >= 0.6 is 0 Å². The van der Waals surface area contributed by atoms with Crippen LogP contribution in [-0.4, -0.2) is 16.1 Å². The zero-order valence-corrected chi connectivity index (χ0v) is 7.45. The first-order chi connectivity index (χ1) is 5.88. The molecule has 0 radical (unpaired) electrons. The number of aromatic nitrogens is 2. The Morgan fingerprint density at radius 1 is 1.58 bits per heavy atom. The molecule has 1 aliphatic rings. The van der Waals surface area contributed by atoms with E-state index in [9.17, 15) is 0 Å². The molecule has 2 heterocycles. The van der Waals surface area contributed by atoms with Gasteiger partial charge in [0.1, 0.15) is 0 Å². The third kappa shape index (κ3) is 1.37. The van der Waals surface area contributed by atoms with Gasteiger partial charge in [0.15, 0.2) is 0 Å². The highest BCUT2D eigenvalue weighted by molar-refractivity contribution is 5.05. The first-order valence-electron chi connectivity index (χ1n) is 4.57. The fraction of sp³-hybridized carbons (Fsp3) is 0.667. The third-order valence-electron chi connectivity index (χ3n) is 2.52. The van der Waals surface area contributed by atoms with Crippen LogP contribution in [0.4, 0.5) is 0 Å². The van der Waals surface area contributed by atoms with E-state index in [0.29, 0.717) is 6.04 Å². The van der Waals surface area contributed by atoms with Gasteiger partial charge in [0.05, 0.1) is 12.0 Å². The van der Waals surface area contributed by atoms with Gasteiger partial charge in [0, 0.05) is 19.3 Å². The number of nitrogens with zero attached hydrogens (tertiary/aromatic N) is 2. The average Bonchev–Trinajstić information content (AvgIpc) is 2.53. The molecule has 0 aliphatic carbocycles. The Morgan fingerprint density at radius 3 is 3.08 bits per heavy atom. The summed E-state index contributed by atoms with van der Waals surface area (Å²) in [6.07, 6.45) is 7.73. The summed E-state index contributed by atoms with van der Waals surface area (Å²) >= 11 is 0. The lowest BCUT2D eigenvalue weighted by atomic mass is 10.0. The molecule has 1 saturated heterocycles. The van der Waals surface area contributed by atoms with Crippen molar-refractivity contribution in [2.75, 3.05) is 6.54 Å². The first kappa shape index (κ1) is 7.80. The van der Waals surface area contributed by atoms with E-state index < -0.39 is 0 Å². The van der Waals surface area contributed by atoms with E-state index >= 15 is 0 Å². The normalized spacial score (nSPS) is 24.2. The lowest BCUT2D eigenvalue weighted by molar-refractivity contribution is 0.398. The predicted molar refractivity (Wildman–Crippen MR) is 47.8 cm³/mol. The molecule has 0 aromatic carbocycles. The van der Waals surface area contributed by atoms with Crippen LogP contribution in [0.15, 0.2) is 12.5 Å². The summed E-state index contributed by atoms with van der Waals surface area (Å²) in [6.45, 7) is 1.15. The maximum absolute atomic E-state index is 4.12. The molecule has 3 nitrogen and oxygen atoms in total. The summed E-state index contributed by atoms with van der Waals surface area (Å²) in [4.78, 5) is 4.12. The third-order valence-corrected chi connectivity index (χ3v) is 2.52. The molecular weight excluding hydrogens is 150 g/mol. The molecule has 1 aliphatic heterocycles. The second kappa shape index (κ2) is 3.27. The van der Waals surface area contributed by atoms with Gasteiger partial charge in [-0.1, -0.05) is 6.42 Å². The molecule has 1 fully saturated rings. The predicted octanol–water partition coefficient (Wildman–Crippen LogP) is 1.23. The van der Waals surface area contributed by atoms with Crippen molar-refractivity contribution in [3.05, 3.63) is 18.2 Å². The standard InChI is InChI=1S/C9H15N3/c1-12-7-10-6-9(12)8-4-2-3-5-11-8/h6-8,11H,2-5H2,1H3. The van der Waals surface area contributed by atoms with Crippen molar-refractivity contribution in [2.24, 2.45) is 7.05 Å². The molecule has 0 spiro atoms. The van der Waals surface area contributed by atoms with Crippen molar-refractivity contribution < 1.29 is 0 Å². The van der Waals surface area contributed by atoms with Gasteiger partial charge in [-0.05, 0) is 19.4 Å². The van der Waals surface area contributed by atoms with Crippen LogP contribution in [0.3, 0.4) is 0 Å². The van der Waals surface area contributed by atoms with Crippen LogP contribution in [0.1, 0.15) is 31.0 Å². The number of hydrogen-bond donors (Lipinski definition) is 1. The highest BCUT2D eigenvalue weighted by atomic mass is 15.1. The number of imidazole rings is 1. The maximum atomic E-state index is 4.12. The SMILES string of the molecule is Cn1cncc1C1CCCCN1. The van der Waals surface area contributed by atoms with E-state index in [0.717, 1.165) is 6.54 Å². The quantitative estimate of drug-likeness (QED) is 0.678. The summed E-state index contributed by atoms with van der Waals surface area (Å²) in [5, 5.41) is 3.50. The molecule has 12 heavy (non-hydrogen) atoms. The van der Waals surface area contributed by atoms with Crippen LogP contribution in [0.5, 0.6) is 0 Å². The Hall–Kier alpha value is -0.830. The van der Waals surface area contributed by atoms with E-state index in [1.54, 1.807) is 0 Å². The Bertz CT molecular complexity index is 248. The molecular formula is C9H15N3. The van der Waals surface area contributed by atoms with Crippen molar-refractivity contribution in [2.45, 2.75) is 25.3 Å². The van der Waals surface area contributed by atoms with Crippen LogP contribution < -0.4 is 5.32 Å². The molecule has 0 bridgehead atoms. The molecule has 2 rings (SSSR count). The number of rotatable bonds is 1. The first-order valence-corrected chi connectivity index (χ1v) is 4.57. The molecule has 0 saturated carbocycles. The Kier molecular flexibility index (Phi) is 2.13. The lowest BCUT2D eigenvalue weighted by Gasteiger charge is -2.23. The Balaban J connectivity index is 2.13. The van der Waals surface area contributed by atoms with Gasteiger partial charge in [-0.2, -0.15) is 0 Å². The van der Waals surface area contributed by atoms with E-state index in [2.05, 4.69) is 21.9 Å². The van der Waals surface area contributed by atoms with Gasteiger partial charge < -0.3 is 9.88 Å². The van der Waals surface area contributed by atoms with E-state index in [1.807, 2.05) is 12.5 Å². The fourth-order valence-electron chi connectivity index (χ4n) is 1.81. The fourth-order valence-corrected chi connectivity index (χ4v) is 1.81. The second-order valence-electron chi connectivity index (χ2n) is 3.43. The van der Waals surface area contributed by atoms with Gasteiger partial charge in [0.2, 0.25) is 0 Å². The molecule has 0 amide bonds. The molecule has 3 heteroatoms. The van der Waals surface area contributed by atoms with Crippen LogP contribution in [0.25, 0.3) is 0 Å². The summed E-state index contributed by atoms with van der Waals surface area (Å²) < 4.78 is 2.10. The number of piperidine rings is 1. The molecule has 1 unspecified atom stereocenters. The highest BCUT2D eigenvalue weighted by Gasteiger charge is 2.16. The van der Waals surface area contributed by atoms with Crippen molar-refractivity contribution in [1.82, 2.24) is 14.9 Å². The minimum Gasteiger partial charge on any atom is -0.336 e. The second-order valence-corrected chi connectivity index (χ2v) is 3.43. The number of aryl methyl sites for hydroxylation is 1. The van der Waals surface area contributed by atoms with Gasteiger partial charge in [-0.3, -0.25) is 0 Å². The smallest absolute Gasteiger partial charge is 0.0946 e. The van der Waals surface area contributed by atoms with Crippen molar-refractivity contribution in [3.63, 3.8) is 0 Å². The minimum absolute atomic E-state index is 0.534. The van der Waals surface area contributed by atoms with Gasteiger partial charge in [0.25, 0.3) is 0 Å². The van der Waals surface area contributed by atoms with Crippen LogP contribution in [0, 0.1) is 0 Å². The topological polar surface area (TPSA) is 29.9 Å². The van der Waals surface area contributed by atoms with E-state index in [-0.39, 0.29) is 0 Å². The summed E-state index contributed by atoms with van der Waals surface area (Å²) in [7, 11) is 2.05. The highest BCUT2D eigenvalue weighted by Crippen LogP contribution is 2.21. The van der Waals surface area contributed by atoms with E-state index in [1.165, 1.54) is 25.0 Å². The van der Waals surface area contributed by atoms with E-state index in [4.69, 9.17) is 0 Å². The van der Waals surface area contributed by atoms with Crippen LogP contribution in [0.2, 0.25) is 0 Å². The van der Waals surface area contributed by atoms with Gasteiger partial charge >= 0.3 is 0 Å². The summed E-state index contributed by atoms with van der Waals surface area (Å²) in [5.41, 5.74) is 1.31. The van der Waals surface area contributed by atoms with Crippen molar-refractivity contribution in [3.8, 4) is 0 Å². The summed E-state index contributed by atoms with van der Waals surface area (Å²) in [5.74, 6) is 0. The zero-order valence-electron chi connectivity index (χ0n) is 7.45. The molecule has 66 valence electrons. The molecule has 1 atom stereocenters. The zero-order chi connectivity index (χ0) is 8.39. The van der Waals surface area contributed by atoms with Crippen molar-refractivity contribution >= 4 is 0 Å². The summed E-state index contributed by atoms with van der Waals surface area (Å²) in [6, 6.07) is 0.534. The lowest BCUT2D eigenvalue weighted by Crippen LogP contribution is -2.28. The number of nitrogens with one attached hydrogen (secondary N) is 1. The minimum atomic E-state index is 0.534. The molecule has 1 aromatic rings. The van der Waals surface area contributed by atoms with Gasteiger partial charge in [-0.25, -0.2) is 4.98 Å². The Labute approximate surface area is 72.8 Å². The van der Waals surface area contributed by atoms with Gasteiger partial charge in [-0.15, -0.1) is 0 Å². The Morgan fingerprint density at radius 2 is 2.50 bits per heavy atom. The average molecular weight is 165 g/mol. The monoisotopic (exact) mass is 165 g/mol. The van der Waals surface area contributed by atoms with Crippen molar-refractivity contribution in [1.29, 1.82) is 0 Å². The molecule has 1 aromatic heterocycles. The maximum Gasteiger partial charge on any atom is 0.0946 e. The molecule has 1 N–H and O–H groups in total. The number of hydrogen-bond acceptors (Lipinski definition) is 2. The largest absolute Gasteiger partial charge is 0.336 e.